The van der Waals surface area contributed by atoms with Gasteiger partial charge in [0.1, 0.15) is 5.75 Å². The van der Waals surface area contributed by atoms with E-state index in [9.17, 15) is 9.59 Å². The van der Waals surface area contributed by atoms with Crippen molar-refractivity contribution in [3.8, 4) is 5.75 Å². The third-order valence-corrected chi connectivity index (χ3v) is 3.66. The summed E-state index contributed by atoms with van der Waals surface area (Å²) in [4.78, 5) is 25.8. The number of benzene rings is 1. The van der Waals surface area contributed by atoms with Crippen LogP contribution in [-0.4, -0.2) is 33.5 Å². The van der Waals surface area contributed by atoms with Crippen LogP contribution >= 0.6 is 11.8 Å². The van der Waals surface area contributed by atoms with Crippen molar-refractivity contribution in [2.24, 2.45) is 0 Å². The Morgan fingerprint density at radius 1 is 1.33 bits per heavy atom. The van der Waals surface area contributed by atoms with Crippen LogP contribution in [0.25, 0.3) is 0 Å². The molecule has 0 saturated carbocycles. The van der Waals surface area contributed by atoms with Crippen LogP contribution in [0.1, 0.15) is 5.56 Å². The Morgan fingerprint density at radius 2 is 2.05 bits per heavy atom. The minimum absolute atomic E-state index is 0.140. The lowest BCUT2D eigenvalue weighted by molar-refractivity contribution is -0.133. The number of methoxy groups -OCH3 is 1. The van der Waals surface area contributed by atoms with Gasteiger partial charge in [-0.2, -0.15) is 4.98 Å². The molecule has 0 radical (unpaired) electrons. The third kappa shape index (κ3) is 4.35. The highest BCUT2D eigenvalue weighted by Crippen LogP contribution is 2.17. The van der Waals surface area contributed by atoms with E-state index in [1.54, 1.807) is 17.9 Å². The van der Waals surface area contributed by atoms with E-state index < -0.39 is 5.97 Å². The lowest BCUT2D eigenvalue weighted by Crippen LogP contribution is -2.14. The summed E-state index contributed by atoms with van der Waals surface area (Å²) >= 11 is 1.02. The SMILES string of the molecule is COc1ccc(Cn2ccc(=O)nc2SCC(=O)O)cc1. The smallest absolute Gasteiger partial charge is 0.313 e. The topological polar surface area (TPSA) is 81.4 Å². The second-order valence-electron chi connectivity index (χ2n) is 4.21. The molecule has 0 unspecified atom stereocenters. The molecule has 2 aromatic rings. The van der Waals surface area contributed by atoms with Crippen molar-refractivity contribution in [2.45, 2.75) is 11.7 Å². The van der Waals surface area contributed by atoms with Crippen molar-refractivity contribution >= 4 is 17.7 Å². The molecule has 7 heteroatoms. The molecule has 0 saturated heterocycles. The van der Waals surface area contributed by atoms with Crippen LogP contribution in [-0.2, 0) is 11.3 Å². The van der Waals surface area contributed by atoms with Gasteiger partial charge in [-0.05, 0) is 17.7 Å². The predicted molar refractivity (Wildman–Crippen MR) is 79.0 cm³/mol. The standard InChI is InChI=1S/C14H14N2O4S/c1-20-11-4-2-10(3-5-11)8-16-7-6-12(17)15-14(16)21-9-13(18)19/h2-7H,8-9H2,1H3,(H,18,19). The predicted octanol–water partition coefficient (Wildman–Crippen LogP) is 1.48. The molecule has 0 aliphatic carbocycles. The van der Waals surface area contributed by atoms with Crippen LogP contribution in [0.4, 0.5) is 0 Å². The summed E-state index contributed by atoms with van der Waals surface area (Å²) in [6, 6.07) is 8.85. The van der Waals surface area contributed by atoms with Crippen molar-refractivity contribution in [3.05, 3.63) is 52.4 Å². The number of carboxylic acid groups (broad SMARTS) is 1. The van der Waals surface area contributed by atoms with Gasteiger partial charge in [-0.3, -0.25) is 9.59 Å². The average Bonchev–Trinajstić information content (AvgIpc) is 2.48. The van der Waals surface area contributed by atoms with E-state index in [1.165, 1.54) is 6.07 Å². The first-order chi connectivity index (χ1) is 10.1. The van der Waals surface area contributed by atoms with Gasteiger partial charge < -0.3 is 14.4 Å². The molecule has 0 amide bonds. The van der Waals surface area contributed by atoms with Gasteiger partial charge in [0, 0.05) is 18.8 Å². The molecule has 0 fully saturated rings. The number of carbonyl (C=O) groups is 1. The van der Waals surface area contributed by atoms with Crippen LogP contribution in [0.15, 0.2) is 46.5 Å². The van der Waals surface area contributed by atoms with Gasteiger partial charge in [0.15, 0.2) is 5.16 Å². The van der Waals surface area contributed by atoms with Crippen LogP contribution in [0.3, 0.4) is 0 Å². The van der Waals surface area contributed by atoms with Gasteiger partial charge in [0.05, 0.1) is 12.9 Å². The van der Waals surface area contributed by atoms with Gasteiger partial charge in [0.25, 0.3) is 5.56 Å². The average molecular weight is 306 g/mol. The Morgan fingerprint density at radius 3 is 2.67 bits per heavy atom. The summed E-state index contributed by atoms with van der Waals surface area (Å²) in [5.74, 6) is -0.328. The summed E-state index contributed by atoms with van der Waals surface area (Å²) in [6.45, 7) is 0.499. The van der Waals surface area contributed by atoms with E-state index >= 15 is 0 Å². The number of hydrogen-bond donors (Lipinski definition) is 1. The molecule has 0 spiro atoms. The molecule has 0 bridgehead atoms. The van der Waals surface area contributed by atoms with Crippen molar-refractivity contribution in [3.63, 3.8) is 0 Å². The highest BCUT2D eigenvalue weighted by molar-refractivity contribution is 7.99. The highest BCUT2D eigenvalue weighted by atomic mass is 32.2. The van der Waals surface area contributed by atoms with E-state index in [4.69, 9.17) is 9.84 Å². The number of carboxylic acids is 1. The fourth-order valence-electron chi connectivity index (χ4n) is 1.70. The highest BCUT2D eigenvalue weighted by Gasteiger charge is 2.07. The minimum atomic E-state index is -0.950. The number of ether oxygens (including phenoxy) is 1. The molecule has 2 rings (SSSR count). The first-order valence-corrected chi connectivity index (χ1v) is 7.12. The maximum absolute atomic E-state index is 11.3. The van der Waals surface area contributed by atoms with Gasteiger partial charge >= 0.3 is 5.97 Å². The summed E-state index contributed by atoms with van der Waals surface area (Å²) < 4.78 is 6.84. The van der Waals surface area contributed by atoms with E-state index in [2.05, 4.69) is 4.98 Å². The summed E-state index contributed by atoms with van der Waals surface area (Å²) in [5, 5.41) is 9.12. The van der Waals surface area contributed by atoms with E-state index in [0.29, 0.717) is 11.7 Å². The summed E-state index contributed by atoms with van der Waals surface area (Å²) in [6.07, 6.45) is 1.61. The lowest BCUT2D eigenvalue weighted by Gasteiger charge is -2.11. The van der Waals surface area contributed by atoms with Crippen molar-refractivity contribution in [1.82, 2.24) is 9.55 Å². The molecular formula is C14H14N2O4S. The summed E-state index contributed by atoms with van der Waals surface area (Å²) in [5.41, 5.74) is 0.618. The molecule has 0 aliphatic rings. The molecule has 0 aliphatic heterocycles. The molecule has 1 aromatic heterocycles. The number of aliphatic carboxylic acids is 1. The third-order valence-electron chi connectivity index (χ3n) is 2.69. The van der Waals surface area contributed by atoms with Crippen LogP contribution in [0.5, 0.6) is 5.75 Å². The number of nitrogens with zero attached hydrogens (tertiary/aromatic N) is 2. The van der Waals surface area contributed by atoms with Crippen LogP contribution in [0, 0.1) is 0 Å². The maximum atomic E-state index is 11.3. The fraction of sp³-hybridized carbons (Fsp3) is 0.214. The van der Waals surface area contributed by atoms with E-state index in [-0.39, 0.29) is 11.3 Å². The Balaban J connectivity index is 2.21. The van der Waals surface area contributed by atoms with Crippen LogP contribution < -0.4 is 10.3 Å². The molecule has 6 nitrogen and oxygen atoms in total. The summed E-state index contributed by atoms with van der Waals surface area (Å²) in [7, 11) is 1.60. The molecule has 1 N–H and O–H groups in total. The molecule has 110 valence electrons. The number of rotatable bonds is 6. The first kappa shape index (κ1) is 15.1. The fourth-order valence-corrected chi connectivity index (χ4v) is 2.40. The monoisotopic (exact) mass is 306 g/mol. The molecule has 1 heterocycles. The number of thioether (sulfide) groups is 1. The van der Waals surface area contributed by atoms with Gasteiger partial charge in [-0.1, -0.05) is 23.9 Å². The van der Waals surface area contributed by atoms with Gasteiger partial charge in [-0.15, -0.1) is 0 Å². The molecule has 0 atom stereocenters. The maximum Gasteiger partial charge on any atom is 0.313 e. The second kappa shape index (κ2) is 6.94. The largest absolute Gasteiger partial charge is 0.497 e. The van der Waals surface area contributed by atoms with Crippen molar-refractivity contribution in [2.75, 3.05) is 12.9 Å². The zero-order chi connectivity index (χ0) is 15.2. The lowest BCUT2D eigenvalue weighted by atomic mass is 10.2. The molecule has 1 aromatic carbocycles. The Labute approximate surface area is 125 Å². The first-order valence-electron chi connectivity index (χ1n) is 6.13. The second-order valence-corrected chi connectivity index (χ2v) is 5.15. The van der Waals surface area contributed by atoms with E-state index in [0.717, 1.165) is 23.1 Å². The van der Waals surface area contributed by atoms with Crippen LogP contribution in [0.2, 0.25) is 0 Å². The van der Waals surface area contributed by atoms with Gasteiger partial charge in [0.2, 0.25) is 0 Å². The zero-order valence-electron chi connectivity index (χ0n) is 11.4. The normalized spacial score (nSPS) is 10.3. The molecular weight excluding hydrogens is 292 g/mol. The van der Waals surface area contributed by atoms with E-state index in [1.807, 2.05) is 24.3 Å². The quantitative estimate of drug-likeness (QED) is 0.643. The van der Waals surface area contributed by atoms with Crippen molar-refractivity contribution in [1.29, 1.82) is 0 Å². The Kier molecular flexibility index (Phi) is 4.99. The number of hydrogen-bond acceptors (Lipinski definition) is 5. The Hall–Kier alpha value is -2.28. The molecule has 21 heavy (non-hydrogen) atoms. The Bertz CT molecular complexity index is 682. The van der Waals surface area contributed by atoms with Gasteiger partial charge in [-0.25, -0.2) is 0 Å². The number of aromatic nitrogens is 2. The minimum Gasteiger partial charge on any atom is -0.497 e. The van der Waals surface area contributed by atoms with Crippen molar-refractivity contribution < 1.29 is 14.6 Å². The zero-order valence-corrected chi connectivity index (χ0v) is 12.2.